The van der Waals surface area contributed by atoms with E-state index in [9.17, 15) is 8.78 Å². The van der Waals surface area contributed by atoms with Gasteiger partial charge in [-0.3, -0.25) is 0 Å². The van der Waals surface area contributed by atoms with Crippen LogP contribution in [0.15, 0.2) is 18.5 Å². The minimum absolute atomic E-state index is 0.130. The lowest BCUT2D eigenvalue weighted by molar-refractivity contribution is 0.0464. The van der Waals surface area contributed by atoms with Crippen molar-refractivity contribution in [2.45, 2.75) is 38.5 Å². The summed E-state index contributed by atoms with van der Waals surface area (Å²) in [6.07, 6.45) is 4.05. The zero-order chi connectivity index (χ0) is 12.7. The number of halogens is 2. The summed E-state index contributed by atoms with van der Waals surface area (Å²) in [6, 6.07) is 2.31. The Morgan fingerprint density at radius 1 is 1.33 bits per heavy atom. The average Bonchev–Trinajstić information content (AvgIpc) is 2.89. The Hall–Kier alpha value is -1.49. The molecule has 2 unspecified atom stereocenters. The van der Waals surface area contributed by atoms with E-state index in [2.05, 4.69) is 4.98 Å². The molecule has 1 aromatic carbocycles. The molecule has 0 amide bonds. The van der Waals surface area contributed by atoms with Crippen LogP contribution in [0.25, 0.3) is 11.0 Å². The fraction of sp³-hybridized carbons (Fsp3) is 0.462. The summed E-state index contributed by atoms with van der Waals surface area (Å²) in [5.74, 6) is -1.71. The molecule has 0 bridgehead atoms. The molecule has 0 spiro atoms. The van der Waals surface area contributed by atoms with Gasteiger partial charge in [0.05, 0.1) is 36.1 Å². The van der Waals surface area contributed by atoms with Crippen LogP contribution in [0.3, 0.4) is 0 Å². The first-order valence-electron chi connectivity index (χ1n) is 6.09. The molecule has 5 heteroatoms. The van der Waals surface area contributed by atoms with Crippen molar-refractivity contribution in [3.05, 3.63) is 30.1 Å². The minimum atomic E-state index is -0.863. The molecule has 2 heterocycles. The van der Waals surface area contributed by atoms with Gasteiger partial charge in [-0.1, -0.05) is 0 Å². The van der Waals surface area contributed by atoms with Crippen molar-refractivity contribution in [1.29, 1.82) is 0 Å². The van der Waals surface area contributed by atoms with Gasteiger partial charge in [-0.15, -0.1) is 0 Å². The zero-order valence-electron chi connectivity index (χ0n) is 10.1. The van der Waals surface area contributed by atoms with Crippen LogP contribution < -0.4 is 0 Å². The highest BCUT2D eigenvalue weighted by Crippen LogP contribution is 2.23. The molecule has 0 N–H and O–H groups in total. The van der Waals surface area contributed by atoms with E-state index in [0.29, 0.717) is 17.6 Å². The molecule has 0 saturated carbocycles. The Bertz CT molecular complexity index is 582. The van der Waals surface area contributed by atoms with Crippen LogP contribution in [0.5, 0.6) is 0 Å². The second kappa shape index (κ2) is 4.31. The average molecular weight is 252 g/mol. The SMILES string of the molecule is CC1CCC(Cn2cnc3cc(F)c(F)cc32)O1. The Morgan fingerprint density at radius 3 is 2.83 bits per heavy atom. The summed E-state index contributed by atoms with van der Waals surface area (Å²) in [5.41, 5.74) is 1.08. The summed E-state index contributed by atoms with van der Waals surface area (Å²) in [5, 5.41) is 0. The first-order chi connectivity index (χ1) is 8.63. The van der Waals surface area contributed by atoms with E-state index in [1.54, 1.807) is 6.33 Å². The van der Waals surface area contributed by atoms with Crippen molar-refractivity contribution < 1.29 is 13.5 Å². The van der Waals surface area contributed by atoms with Gasteiger partial charge in [0.1, 0.15) is 0 Å². The summed E-state index contributed by atoms with van der Waals surface area (Å²) < 4.78 is 33.8. The van der Waals surface area contributed by atoms with E-state index in [0.717, 1.165) is 18.9 Å². The number of benzene rings is 1. The number of hydrogen-bond acceptors (Lipinski definition) is 2. The van der Waals surface area contributed by atoms with Crippen LogP contribution in [0, 0.1) is 11.6 Å². The van der Waals surface area contributed by atoms with Crippen molar-refractivity contribution in [1.82, 2.24) is 9.55 Å². The lowest BCUT2D eigenvalue weighted by Crippen LogP contribution is -2.15. The molecular formula is C13H14F2N2O. The minimum Gasteiger partial charge on any atom is -0.373 e. The third-order valence-corrected chi connectivity index (χ3v) is 3.38. The lowest BCUT2D eigenvalue weighted by Gasteiger charge is -2.12. The smallest absolute Gasteiger partial charge is 0.161 e. The highest BCUT2D eigenvalue weighted by molar-refractivity contribution is 5.75. The van der Waals surface area contributed by atoms with Gasteiger partial charge in [-0.05, 0) is 19.8 Å². The van der Waals surface area contributed by atoms with Crippen LogP contribution in [0.2, 0.25) is 0 Å². The van der Waals surface area contributed by atoms with E-state index < -0.39 is 11.6 Å². The highest BCUT2D eigenvalue weighted by atomic mass is 19.2. The van der Waals surface area contributed by atoms with Crippen molar-refractivity contribution >= 4 is 11.0 Å². The topological polar surface area (TPSA) is 27.1 Å². The van der Waals surface area contributed by atoms with Gasteiger partial charge in [0.2, 0.25) is 0 Å². The molecule has 96 valence electrons. The van der Waals surface area contributed by atoms with E-state index >= 15 is 0 Å². The molecule has 1 saturated heterocycles. The van der Waals surface area contributed by atoms with E-state index in [4.69, 9.17) is 4.74 Å². The molecule has 0 aliphatic carbocycles. The maximum Gasteiger partial charge on any atom is 0.161 e. The fourth-order valence-corrected chi connectivity index (χ4v) is 2.44. The molecule has 3 nitrogen and oxygen atoms in total. The predicted molar refractivity (Wildman–Crippen MR) is 63.2 cm³/mol. The van der Waals surface area contributed by atoms with Crippen molar-refractivity contribution in [2.24, 2.45) is 0 Å². The third-order valence-electron chi connectivity index (χ3n) is 3.38. The van der Waals surface area contributed by atoms with Crippen LogP contribution in [-0.4, -0.2) is 21.8 Å². The van der Waals surface area contributed by atoms with Gasteiger partial charge >= 0.3 is 0 Å². The largest absolute Gasteiger partial charge is 0.373 e. The van der Waals surface area contributed by atoms with Gasteiger partial charge in [-0.2, -0.15) is 0 Å². The molecule has 2 atom stereocenters. The first-order valence-corrected chi connectivity index (χ1v) is 6.09. The number of imidazole rings is 1. The molecule has 0 radical (unpaired) electrons. The van der Waals surface area contributed by atoms with E-state index in [1.165, 1.54) is 6.07 Å². The molecule has 2 aromatic rings. The Labute approximate surface area is 103 Å². The molecule has 1 aliphatic rings. The number of rotatable bonds is 2. The quantitative estimate of drug-likeness (QED) is 0.821. The van der Waals surface area contributed by atoms with Gasteiger partial charge < -0.3 is 9.30 Å². The second-order valence-electron chi connectivity index (χ2n) is 4.80. The first kappa shape index (κ1) is 11.6. The van der Waals surface area contributed by atoms with Gasteiger partial charge in [0.15, 0.2) is 11.6 Å². The molecule has 3 rings (SSSR count). The summed E-state index contributed by atoms with van der Waals surface area (Å²) in [7, 11) is 0. The number of aromatic nitrogens is 2. The standard InChI is InChI=1S/C13H14F2N2O/c1-8-2-3-9(18-8)6-17-7-16-12-4-10(14)11(15)5-13(12)17/h4-5,7-9H,2-3,6H2,1H3. The zero-order valence-corrected chi connectivity index (χ0v) is 10.1. The monoisotopic (exact) mass is 252 g/mol. The van der Waals surface area contributed by atoms with E-state index in [-0.39, 0.29) is 12.2 Å². The number of fused-ring (bicyclic) bond motifs is 1. The lowest BCUT2D eigenvalue weighted by atomic mass is 10.2. The Kier molecular flexibility index (Phi) is 2.78. The van der Waals surface area contributed by atoms with Gasteiger partial charge in [0, 0.05) is 12.1 Å². The maximum atomic E-state index is 13.2. The Balaban J connectivity index is 1.90. The maximum absolute atomic E-state index is 13.2. The normalized spacial score (nSPS) is 23.9. The summed E-state index contributed by atoms with van der Waals surface area (Å²) in [6.45, 7) is 2.67. The van der Waals surface area contributed by atoms with Crippen molar-refractivity contribution in [3.63, 3.8) is 0 Å². The van der Waals surface area contributed by atoms with Crippen LogP contribution in [0.1, 0.15) is 19.8 Å². The molecule has 1 aliphatic heterocycles. The molecule has 1 fully saturated rings. The number of hydrogen-bond donors (Lipinski definition) is 0. The van der Waals surface area contributed by atoms with Crippen molar-refractivity contribution in [3.8, 4) is 0 Å². The van der Waals surface area contributed by atoms with Crippen LogP contribution >= 0.6 is 0 Å². The number of nitrogens with zero attached hydrogens (tertiary/aromatic N) is 2. The predicted octanol–water partition coefficient (Wildman–Crippen LogP) is 2.88. The highest BCUT2D eigenvalue weighted by Gasteiger charge is 2.22. The van der Waals surface area contributed by atoms with Gasteiger partial charge in [0.25, 0.3) is 0 Å². The fourth-order valence-electron chi connectivity index (χ4n) is 2.44. The summed E-state index contributed by atoms with van der Waals surface area (Å²) >= 11 is 0. The van der Waals surface area contributed by atoms with Crippen molar-refractivity contribution in [2.75, 3.05) is 0 Å². The van der Waals surface area contributed by atoms with E-state index in [1.807, 2.05) is 11.5 Å². The van der Waals surface area contributed by atoms with Crippen LogP contribution in [-0.2, 0) is 11.3 Å². The Morgan fingerprint density at radius 2 is 2.11 bits per heavy atom. The molecule has 1 aromatic heterocycles. The third kappa shape index (κ3) is 1.99. The van der Waals surface area contributed by atoms with Crippen LogP contribution in [0.4, 0.5) is 8.78 Å². The second-order valence-corrected chi connectivity index (χ2v) is 4.80. The van der Waals surface area contributed by atoms with Gasteiger partial charge in [-0.25, -0.2) is 13.8 Å². The summed E-state index contributed by atoms with van der Waals surface area (Å²) in [4.78, 5) is 4.08. The molecule has 18 heavy (non-hydrogen) atoms. The molecular weight excluding hydrogens is 238 g/mol. The number of ether oxygens (including phenoxy) is 1.